The number of fused-ring (bicyclic) bond motifs is 1. The van der Waals surface area contributed by atoms with Crippen LogP contribution < -0.4 is 9.80 Å². The third kappa shape index (κ3) is 2.97. The molecule has 4 heteroatoms. The highest BCUT2D eigenvalue weighted by Gasteiger charge is 2.22. The van der Waals surface area contributed by atoms with Crippen molar-refractivity contribution in [3.63, 3.8) is 0 Å². The van der Waals surface area contributed by atoms with Crippen molar-refractivity contribution in [2.75, 3.05) is 29.4 Å². The summed E-state index contributed by atoms with van der Waals surface area (Å²) in [5.74, 6) is 3.83. The first-order valence-electron chi connectivity index (χ1n) is 9.17. The van der Waals surface area contributed by atoms with Crippen LogP contribution in [0.4, 0.5) is 17.3 Å². The molecule has 2 aliphatic rings. The van der Waals surface area contributed by atoms with E-state index in [-0.39, 0.29) is 0 Å². The van der Waals surface area contributed by atoms with Gasteiger partial charge in [-0.3, -0.25) is 0 Å². The van der Waals surface area contributed by atoms with Crippen LogP contribution >= 0.6 is 0 Å². The number of benzene rings is 1. The van der Waals surface area contributed by atoms with Gasteiger partial charge >= 0.3 is 0 Å². The number of anilines is 3. The number of hydrogen-bond donors (Lipinski definition) is 0. The van der Waals surface area contributed by atoms with Gasteiger partial charge in [0.15, 0.2) is 0 Å². The van der Waals surface area contributed by atoms with E-state index in [9.17, 15) is 0 Å². The third-order valence-electron chi connectivity index (χ3n) is 5.31. The van der Waals surface area contributed by atoms with Crippen molar-refractivity contribution in [3.8, 4) is 0 Å². The van der Waals surface area contributed by atoms with Crippen molar-refractivity contribution in [2.45, 2.75) is 39.5 Å². The molecule has 3 heterocycles. The highest BCUT2D eigenvalue weighted by molar-refractivity contribution is 5.67. The largest absolute Gasteiger partial charge is 0.356 e. The zero-order valence-corrected chi connectivity index (χ0v) is 14.7. The van der Waals surface area contributed by atoms with Gasteiger partial charge in [0.2, 0.25) is 0 Å². The summed E-state index contributed by atoms with van der Waals surface area (Å²) in [6, 6.07) is 10.9. The van der Waals surface area contributed by atoms with E-state index in [4.69, 9.17) is 9.97 Å². The Labute approximate surface area is 144 Å². The van der Waals surface area contributed by atoms with Crippen LogP contribution in [0.2, 0.25) is 0 Å². The van der Waals surface area contributed by atoms with Crippen molar-refractivity contribution >= 4 is 17.3 Å². The molecule has 4 nitrogen and oxygen atoms in total. The number of aromatic nitrogens is 2. The van der Waals surface area contributed by atoms with E-state index in [2.05, 4.69) is 47.1 Å². The van der Waals surface area contributed by atoms with Crippen LogP contribution in [0.5, 0.6) is 0 Å². The molecular formula is C20H26N4. The second kappa shape index (κ2) is 6.42. The fourth-order valence-electron chi connectivity index (χ4n) is 3.85. The number of hydrogen-bond acceptors (Lipinski definition) is 4. The highest BCUT2D eigenvalue weighted by atomic mass is 15.2. The Bertz CT molecular complexity index is 719. The molecule has 1 fully saturated rings. The maximum absolute atomic E-state index is 4.75. The van der Waals surface area contributed by atoms with Gasteiger partial charge in [-0.25, -0.2) is 9.97 Å². The standard InChI is InChI=1S/C20H26N4/c1-15-9-12-23(13-10-15)19-14-20(22-16(2)21-19)24-11-5-7-17-6-3-4-8-18(17)24/h3-4,6,8,14-15H,5,7,9-13H2,1-2H3. The lowest BCUT2D eigenvalue weighted by molar-refractivity contribution is 0.436. The molecule has 0 spiro atoms. The average Bonchev–Trinajstić information content (AvgIpc) is 2.61. The Hall–Kier alpha value is -2.10. The summed E-state index contributed by atoms with van der Waals surface area (Å²) in [5, 5.41) is 0. The minimum absolute atomic E-state index is 0.831. The van der Waals surface area contributed by atoms with E-state index in [1.165, 1.54) is 30.5 Å². The summed E-state index contributed by atoms with van der Waals surface area (Å²) in [6.07, 6.45) is 4.85. The van der Waals surface area contributed by atoms with E-state index in [0.717, 1.165) is 49.4 Å². The first-order valence-corrected chi connectivity index (χ1v) is 9.17. The highest BCUT2D eigenvalue weighted by Crippen LogP contribution is 2.34. The van der Waals surface area contributed by atoms with Crippen LogP contribution in [-0.4, -0.2) is 29.6 Å². The van der Waals surface area contributed by atoms with Gasteiger partial charge in [0.25, 0.3) is 0 Å². The zero-order chi connectivity index (χ0) is 16.5. The molecule has 126 valence electrons. The smallest absolute Gasteiger partial charge is 0.138 e. The van der Waals surface area contributed by atoms with Crippen molar-refractivity contribution in [1.29, 1.82) is 0 Å². The molecule has 24 heavy (non-hydrogen) atoms. The molecule has 0 N–H and O–H groups in total. The van der Waals surface area contributed by atoms with E-state index >= 15 is 0 Å². The summed E-state index contributed by atoms with van der Waals surface area (Å²) in [6.45, 7) is 7.60. The number of nitrogens with zero attached hydrogens (tertiary/aromatic N) is 4. The molecule has 0 aliphatic carbocycles. The second-order valence-electron chi connectivity index (χ2n) is 7.19. The van der Waals surface area contributed by atoms with E-state index in [1.54, 1.807) is 0 Å². The summed E-state index contributed by atoms with van der Waals surface area (Å²) >= 11 is 0. The SMILES string of the molecule is Cc1nc(N2CCC(C)CC2)cc(N2CCCc3ccccc32)n1. The summed E-state index contributed by atoms with van der Waals surface area (Å²) in [4.78, 5) is 14.3. The van der Waals surface area contributed by atoms with E-state index in [1.807, 2.05) is 6.92 Å². The number of rotatable bonds is 2. The van der Waals surface area contributed by atoms with Crippen LogP contribution in [0.15, 0.2) is 30.3 Å². The Balaban J connectivity index is 1.67. The third-order valence-corrected chi connectivity index (χ3v) is 5.31. The molecule has 1 aromatic heterocycles. The monoisotopic (exact) mass is 322 g/mol. The van der Waals surface area contributed by atoms with E-state index in [0.29, 0.717) is 0 Å². The first kappa shape index (κ1) is 15.4. The fourth-order valence-corrected chi connectivity index (χ4v) is 3.85. The minimum Gasteiger partial charge on any atom is -0.356 e. The molecule has 1 saturated heterocycles. The molecule has 0 saturated carbocycles. The zero-order valence-electron chi connectivity index (χ0n) is 14.7. The van der Waals surface area contributed by atoms with Crippen molar-refractivity contribution < 1.29 is 0 Å². The molecule has 0 radical (unpaired) electrons. The molecule has 0 unspecified atom stereocenters. The Kier molecular flexibility index (Phi) is 4.13. The predicted octanol–water partition coefficient (Wildman–Crippen LogP) is 4.11. The average molecular weight is 322 g/mol. The van der Waals surface area contributed by atoms with Gasteiger partial charge in [0.05, 0.1) is 0 Å². The summed E-state index contributed by atoms with van der Waals surface area (Å²) in [5.41, 5.74) is 2.73. The Morgan fingerprint density at radius 1 is 1.00 bits per heavy atom. The van der Waals surface area contributed by atoms with Gasteiger partial charge in [-0.15, -0.1) is 0 Å². The van der Waals surface area contributed by atoms with Crippen LogP contribution in [0.1, 0.15) is 37.6 Å². The normalized spacial score (nSPS) is 18.6. The molecule has 0 atom stereocenters. The van der Waals surface area contributed by atoms with Gasteiger partial charge < -0.3 is 9.80 Å². The number of para-hydroxylation sites is 1. The lowest BCUT2D eigenvalue weighted by atomic mass is 9.99. The quantitative estimate of drug-likeness (QED) is 0.833. The maximum atomic E-state index is 4.75. The predicted molar refractivity (Wildman–Crippen MR) is 99.1 cm³/mol. The fraction of sp³-hybridized carbons (Fsp3) is 0.500. The van der Waals surface area contributed by atoms with Gasteiger partial charge in [0, 0.05) is 31.4 Å². The van der Waals surface area contributed by atoms with Crippen LogP contribution in [0, 0.1) is 12.8 Å². The second-order valence-corrected chi connectivity index (χ2v) is 7.19. The molecule has 2 aromatic rings. The molecule has 4 rings (SSSR count). The van der Waals surface area contributed by atoms with Crippen molar-refractivity contribution in [3.05, 3.63) is 41.7 Å². The van der Waals surface area contributed by atoms with Gasteiger partial charge in [-0.2, -0.15) is 0 Å². The lowest BCUT2D eigenvalue weighted by Gasteiger charge is -2.33. The maximum Gasteiger partial charge on any atom is 0.138 e. The van der Waals surface area contributed by atoms with Gasteiger partial charge in [-0.1, -0.05) is 25.1 Å². The van der Waals surface area contributed by atoms with Crippen molar-refractivity contribution in [1.82, 2.24) is 9.97 Å². The summed E-state index contributed by atoms with van der Waals surface area (Å²) in [7, 11) is 0. The van der Waals surface area contributed by atoms with Gasteiger partial charge in [-0.05, 0) is 50.2 Å². The molecule has 1 aromatic carbocycles. The molecule has 2 aliphatic heterocycles. The molecule has 0 amide bonds. The van der Waals surface area contributed by atoms with Crippen LogP contribution in [0.25, 0.3) is 0 Å². The molecule has 0 bridgehead atoms. The molecular weight excluding hydrogens is 296 g/mol. The summed E-state index contributed by atoms with van der Waals surface area (Å²) < 4.78 is 0. The van der Waals surface area contributed by atoms with E-state index < -0.39 is 0 Å². The van der Waals surface area contributed by atoms with Crippen LogP contribution in [0.3, 0.4) is 0 Å². The van der Waals surface area contributed by atoms with Crippen LogP contribution in [-0.2, 0) is 6.42 Å². The van der Waals surface area contributed by atoms with Gasteiger partial charge in [0.1, 0.15) is 17.5 Å². The Morgan fingerprint density at radius 2 is 1.75 bits per heavy atom. The lowest BCUT2D eigenvalue weighted by Crippen LogP contribution is -2.34. The van der Waals surface area contributed by atoms with Crippen molar-refractivity contribution in [2.24, 2.45) is 5.92 Å². The number of piperidine rings is 1. The Morgan fingerprint density at radius 3 is 2.58 bits per heavy atom. The number of aryl methyl sites for hydroxylation is 2. The topological polar surface area (TPSA) is 32.3 Å². The minimum atomic E-state index is 0.831. The first-order chi connectivity index (χ1) is 11.7.